The molecule has 0 N–H and O–H groups in total. The molecule has 0 unspecified atom stereocenters. The zero-order chi connectivity index (χ0) is 11.7. The SMILES string of the molecule is Cc1ccc(-n2nc(Br)cc2C(F)F)cc1. The van der Waals surface area contributed by atoms with Crippen molar-refractivity contribution in [3.8, 4) is 5.69 Å². The number of hydrogen-bond donors (Lipinski definition) is 0. The van der Waals surface area contributed by atoms with Crippen LogP contribution >= 0.6 is 15.9 Å². The van der Waals surface area contributed by atoms with E-state index >= 15 is 0 Å². The van der Waals surface area contributed by atoms with Crippen LogP contribution in [0.25, 0.3) is 5.69 Å². The molecule has 16 heavy (non-hydrogen) atoms. The molecular formula is C11H9BrF2N2. The third kappa shape index (κ3) is 2.14. The van der Waals surface area contributed by atoms with Crippen molar-refractivity contribution in [3.05, 3.63) is 46.2 Å². The Morgan fingerprint density at radius 2 is 1.88 bits per heavy atom. The lowest BCUT2D eigenvalue weighted by atomic mass is 10.2. The van der Waals surface area contributed by atoms with Gasteiger partial charge in [-0.2, -0.15) is 5.10 Å². The molecule has 0 aliphatic rings. The largest absolute Gasteiger partial charge is 0.280 e. The van der Waals surface area contributed by atoms with Crippen molar-refractivity contribution in [1.82, 2.24) is 9.78 Å². The second-order valence-electron chi connectivity index (χ2n) is 3.44. The minimum atomic E-state index is -2.54. The highest BCUT2D eigenvalue weighted by atomic mass is 79.9. The number of benzene rings is 1. The van der Waals surface area contributed by atoms with Gasteiger partial charge in [0.15, 0.2) is 0 Å². The molecular weight excluding hydrogens is 278 g/mol. The lowest BCUT2D eigenvalue weighted by Gasteiger charge is -2.06. The molecule has 0 spiro atoms. The Morgan fingerprint density at radius 3 is 2.44 bits per heavy atom. The molecule has 0 saturated carbocycles. The normalized spacial score (nSPS) is 11.1. The van der Waals surface area contributed by atoms with Crippen LogP contribution in [0.5, 0.6) is 0 Å². The maximum absolute atomic E-state index is 12.7. The van der Waals surface area contributed by atoms with E-state index in [0.717, 1.165) is 5.56 Å². The van der Waals surface area contributed by atoms with Gasteiger partial charge in [-0.05, 0) is 35.0 Å². The van der Waals surface area contributed by atoms with Crippen LogP contribution in [-0.2, 0) is 0 Å². The molecule has 0 atom stereocenters. The van der Waals surface area contributed by atoms with E-state index < -0.39 is 6.43 Å². The smallest absolute Gasteiger partial charge is 0.231 e. The topological polar surface area (TPSA) is 17.8 Å². The van der Waals surface area contributed by atoms with E-state index in [1.165, 1.54) is 10.7 Å². The van der Waals surface area contributed by atoms with Crippen molar-refractivity contribution in [2.45, 2.75) is 13.3 Å². The summed E-state index contributed by atoms with van der Waals surface area (Å²) in [6.45, 7) is 1.94. The van der Waals surface area contributed by atoms with Gasteiger partial charge in [-0.25, -0.2) is 13.5 Å². The summed E-state index contributed by atoms with van der Waals surface area (Å²) in [4.78, 5) is 0. The molecule has 0 fully saturated rings. The number of nitrogens with zero attached hydrogens (tertiary/aromatic N) is 2. The van der Waals surface area contributed by atoms with Crippen LogP contribution in [0.3, 0.4) is 0 Å². The predicted molar refractivity (Wildman–Crippen MR) is 61.0 cm³/mol. The Kier molecular flexibility index (Phi) is 3.05. The molecule has 0 saturated heterocycles. The fourth-order valence-corrected chi connectivity index (χ4v) is 1.81. The lowest BCUT2D eigenvalue weighted by molar-refractivity contribution is 0.143. The predicted octanol–water partition coefficient (Wildman–Crippen LogP) is 3.88. The van der Waals surface area contributed by atoms with Gasteiger partial charge < -0.3 is 0 Å². The van der Waals surface area contributed by atoms with Crippen LogP contribution in [-0.4, -0.2) is 9.78 Å². The Morgan fingerprint density at radius 1 is 1.25 bits per heavy atom. The Labute approximate surface area is 100 Å². The molecule has 1 aromatic heterocycles. The third-order valence-electron chi connectivity index (χ3n) is 2.21. The van der Waals surface area contributed by atoms with E-state index in [1.54, 1.807) is 12.1 Å². The fraction of sp³-hybridized carbons (Fsp3) is 0.182. The fourth-order valence-electron chi connectivity index (χ4n) is 1.41. The van der Waals surface area contributed by atoms with Crippen LogP contribution in [0.2, 0.25) is 0 Å². The molecule has 1 heterocycles. The summed E-state index contributed by atoms with van der Waals surface area (Å²) in [5.74, 6) is 0. The molecule has 0 aliphatic heterocycles. The summed E-state index contributed by atoms with van der Waals surface area (Å²) in [6, 6.07) is 8.58. The molecule has 5 heteroatoms. The first-order chi connectivity index (χ1) is 7.58. The van der Waals surface area contributed by atoms with E-state index in [0.29, 0.717) is 10.3 Å². The van der Waals surface area contributed by atoms with Crippen LogP contribution < -0.4 is 0 Å². The summed E-state index contributed by atoms with van der Waals surface area (Å²) < 4.78 is 27.1. The number of rotatable bonds is 2. The first kappa shape index (κ1) is 11.3. The minimum Gasteiger partial charge on any atom is -0.231 e. The highest BCUT2D eigenvalue weighted by Gasteiger charge is 2.16. The maximum atomic E-state index is 12.7. The molecule has 0 aliphatic carbocycles. The molecule has 0 radical (unpaired) electrons. The van der Waals surface area contributed by atoms with E-state index in [4.69, 9.17) is 0 Å². The molecule has 2 aromatic rings. The molecule has 2 nitrogen and oxygen atoms in total. The standard InChI is InChI=1S/C11H9BrF2N2/c1-7-2-4-8(5-3-7)16-9(11(13)14)6-10(12)15-16/h2-6,11H,1H3. The zero-order valence-electron chi connectivity index (χ0n) is 8.49. The van der Waals surface area contributed by atoms with E-state index in [2.05, 4.69) is 21.0 Å². The molecule has 84 valence electrons. The number of hydrogen-bond acceptors (Lipinski definition) is 1. The zero-order valence-corrected chi connectivity index (χ0v) is 10.1. The lowest BCUT2D eigenvalue weighted by Crippen LogP contribution is -2.02. The average molecular weight is 287 g/mol. The summed E-state index contributed by atoms with van der Waals surface area (Å²) in [6.07, 6.45) is -2.54. The van der Waals surface area contributed by atoms with E-state index in [-0.39, 0.29) is 5.69 Å². The van der Waals surface area contributed by atoms with Gasteiger partial charge in [-0.1, -0.05) is 17.7 Å². The molecule has 2 rings (SSSR count). The number of halogens is 3. The van der Waals surface area contributed by atoms with Crippen molar-refractivity contribution < 1.29 is 8.78 Å². The van der Waals surface area contributed by atoms with Crippen molar-refractivity contribution in [1.29, 1.82) is 0 Å². The Hall–Kier alpha value is -1.23. The second kappa shape index (κ2) is 4.33. The quantitative estimate of drug-likeness (QED) is 0.819. The number of aromatic nitrogens is 2. The number of aryl methyl sites for hydroxylation is 1. The monoisotopic (exact) mass is 286 g/mol. The van der Waals surface area contributed by atoms with Gasteiger partial charge in [0.1, 0.15) is 10.3 Å². The Balaban J connectivity index is 2.50. The molecule has 0 bridgehead atoms. The van der Waals surface area contributed by atoms with Gasteiger partial charge in [-0.15, -0.1) is 0 Å². The van der Waals surface area contributed by atoms with Gasteiger partial charge in [0.05, 0.1) is 5.69 Å². The van der Waals surface area contributed by atoms with Crippen molar-refractivity contribution >= 4 is 15.9 Å². The third-order valence-corrected chi connectivity index (χ3v) is 2.60. The minimum absolute atomic E-state index is 0.115. The van der Waals surface area contributed by atoms with Gasteiger partial charge in [-0.3, -0.25) is 0 Å². The first-order valence-electron chi connectivity index (χ1n) is 4.68. The van der Waals surface area contributed by atoms with E-state index in [9.17, 15) is 8.78 Å². The van der Waals surface area contributed by atoms with Crippen molar-refractivity contribution in [2.24, 2.45) is 0 Å². The average Bonchev–Trinajstić information content (AvgIpc) is 2.61. The summed E-state index contributed by atoms with van der Waals surface area (Å²) in [5, 5.41) is 3.99. The highest BCUT2D eigenvalue weighted by Crippen LogP contribution is 2.25. The summed E-state index contributed by atoms with van der Waals surface area (Å²) in [7, 11) is 0. The van der Waals surface area contributed by atoms with Crippen molar-refractivity contribution in [2.75, 3.05) is 0 Å². The molecule has 1 aromatic carbocycles. The second-order valence-corrected chi connectivity index (χ2v) is 4.25. The van der Waals surface area contributed by atoms with Gasteiger partial charge >= 0.3 is 0 Å². The highest BCUT2D eigenvalue weighted by molar-refractivity contribution is 9.10. The van der Waals surface area contributed by atoms with Crippen LogP contribution in [0.15, 0.2) is 34.9 Å². The van der Waals surface area contributed by atoms with Crippen molar-refractivity contribution in [3.63, 3.8) is 0 Å². The maximum Gasteiger partial charge on any atom is 0.280 e. The van der Waals surface area contributed by atoms with Gasteiger partial charge in [0, 0.05) is 6.07 Å². The van der Waals surface area contributed by atoms with Crippen LogP contribution in [0.4, 0.5) is 8.78 Å². The van der Waals surface area contributed by atoms with Crippen LogP contribution in [0, 0.1) is 6.92 Å². The van der Waals surface area contributed by atoms with E-state index in [1.807, 2.05) is 19.1 Å². The first-order valence-corrected chi connectivity index (χ1v) is 5.48. The number of alkyl halides is 2. The van der Waals surface area contributed by atoms with Crippen LogP contribution in [0.1, 0.15) is 17.7 Å². The summed E-state index contributed by atoms with van der Waals surface area (Å²) >= 11 is 3.10. The Bertz CT molecular complexity index is 491. The van der Waals surface area contributed by atoms with Gasteiger partial charge in [0.25, 0.3) is 6.43 Å². The molecule has 0 amide bonds. The summed E-state index contributed by atoms with van der Waals surface area (Å²) in [5.41, 5.74) is 1.59. The van der Waals surface area contributed by atoms with Gasteiger partial charge in [0.2, 0.25) is 0 Å².